The van der Waals surface area contributed by atoms with Gasteiger partial charge in [0.2, 0.25) is 0 Å². The molecule has 78 valence electrons. The van der Waals surface area contributed by atoms with Gasteiger partial charge in [-0.2, -0.15) is 10.2 Å². The molecule has 0 saturated carbocycles. The molecular weight excluding hydrogens is 220 g/mol. The van der Waals surface area contributed by atoms with Gasteiger partial charge in [-0.25, -0.2) is 0 Å². The molecule has 0 aromatic heterocycles. The summed E-state index contributed by atoms with van der Waals surface area (Å²) in [7, 11) is 0. The second-order valence-electron chi connectivity index (χ2n) is 2.17. The van der Waals surface area contributed by atoms with Gasteiger partial charge in [0.25, 0.3) is 0 Å². The Morgan fingerprint density at radius 2 is 1.86 bits per heavy atom. The van der Waals surface area contributed by atoms with E-state index in [1.165, 1.54) is 6.21 Å². The first-order valence-corrected chi connectivity index (χ1v) is 4.58. The van der Waals surface area contributed by atoms with Gasteiger partial charge in [0, 0.05) is 0 Å². The molecule has 14 heavy (non-hydrogen) atoms. The van der Waals surface area contributed by atoms with Crippen LogP contribution < -0.4 is 22.3 Å². The molecule has 6 nitrogen and oxygen atoms in total. The lowest BCUT2D eigenvalue weighted by atomic mass is 10.3. The Labute approximate surface area is 92.8 Å². The number of hydrazone groups is 2. The predicted molar refractivity (Wildman–Crippen MR) is 66.1 cm³/mol. The van der Waals surface area contributed by atoms with Crippen LogP contribution in [0.15, 0.2) is 10.2 Å². The monoisotopic (exact) mass is 232 g/mol. The highest BCUT2D eigenvalue weighted by molar-refractivity contribution is 7.80. The van der Waals surface area contributed by atoms with Gasteiger partial charge in [0.15, 0.2) is 10.2 Å². The van der Waals surface area contributed by atoms with Crippen molar-refractivity contribution >= 4 is 46.6 Å². The van der Waals surface area contributed by atoms with E-state index in [0.29, 0.717) is 12.1 Å². The largest absolute Gasteiger partial charge is 0.375 e. The molecule has 0 fully saturated rings. The highest BCUT2D eigenvalue weighted by Crippen LogP contribution is 1.80. The lowest BCUT2D eigenvalue weighted by Crippen LogP contribution is -2.27. The van der Waals surface area contributed by atoms with Crippen molar-refractivity contribution in [2.45, 2.75) is 13.3 Å². The first-order valence-electron chi connectivity index (χ1n) is 3.76. The van der Waals surface area contributed by atoms with Gasteiger partial charge < -0.3 is 11.5 Å². The van der Waals surface area contributed by atoms with Gasteiger partial charge in [-0.15, -0.1) is 0 Å². The lowest BCUT2D eigenvalue weighted by molar-refractivity contribution is 1.01. The highest BCUT2D eigenvalue weighted by Gasteiger charge is 1.91. The smallest absolute Gasteiger partial charge is 0.184 e. The van der Waals surface area contributed by atoms with Gasteiger partial charge >= 0.3 is 0 Å². The van der Waals surface area contributed by atoms with Gasteiger partial charge in [0.1, 0.15) is 0 Å². The molecule has 0 aromatic rings. The maximum atomic E-state index is 5.18. The fourth-order valence-electron chi connectivity index (χ4n) is 0.497. The van der Waals surface area contributed by atoms with Crippen LogP contribution in [0.2, 0.25) is 0 Å². The zero-order valence-electron chi connectivity index (χ0n) is 7.65. The van der Waals surface area contributed by atoms with Crippen LogP contribution in [-0.4, -0.2) is 22.2 Å². The van der Waals surface area contributed by atoms with E-state index >= 15 is 0 Å². The fraction of sp³-hybridized carbons (Fsp3) is 0.333. The van der Waals surface area contributed by atoms with Crippen LogP contribution in [-0.2, 0) is 0 Å². The summed E-state index contributed by atoms with van der Waals surface area (Å²) in [5.74, 6) is 0. The van der Waals surface area contributed by atoms with Crippen molar-refractivity contribution in [1.82, 2.24) is 10.9 Å². The summed E-state index contributed by atoms with van der Waals surface area (Å²) in [6.45, 7) is 1.91. The maximum Gasteiger partial charge on any atom is 0.184 e. The van der Waals surface area contributed by atoms with Crippen molar-refractivity contribution in [2.24, 2.45) is 21.7 Å². The van der Waals surface area contributed by atoms with Crippen LogP contribution in [0.3, 0.4) is 0 Å². The Bertz CT molecular complexity index is 271. The van der Waals surface area contributed by atoms with E-state index in [-0.39, 0.29) is 10.2 Å². The molecule has 6 N–H and O–H groups in total. The van der Waals surface area contributed by atoms with Crippen LogP contribution in [0, 0.1) is 0 Å². The topological polar surface area (TPSA) is 101 Å². The molecule has 0 unspecified atom stereocenters. The van der Waals surface area contributed by atoms with Crippen LogP contribution in [0.4, 0.5) is 0 Å². The molecule has 0 spiro atoms. The molecule has 0 atom stereocenters. The van der Waals surface area contributed by atoms with E-state index in [2.05, 4.69) is 45.5 Å². The number of nitrogens with zero attached hydrogens (tertiary/aromatic N) is 2. The van der Waals surface area contributed by atoms with E-state index in [1.807, 2.05) is 6.92 Å². The highest BCUT2D eigenvalue weighted by atomic mass is 32.1. The fourth-order valence-corrected chi connectivity index (χ4v) is 0.595. The van der Waals surface area contributed by atoms with Crippen LogP contribution in [0.25, 0.3) is 0 Å². The van der Waals surface area contributed by atoms with Crippen molar-refractivity contribution in [3.05, 3.63) is 0 Å². The van der Waals surface area contributed by atoms with Crippen molar-refractivity contribution in [3.8, 4) is 0 Å². The Hall–Kier alpha value is -1.28. The molecule has 0 aliphatic carbocycles. The Kier molecular flexibility index (Phi) is 6.50. The summed E-state index contributed by atoms with van der Waals surface area (Å²) in [5.41, 5.74) is 15.9. The van der Waals surface area contributed by atoms with Gasteiger partial charge in [0.05, 0.1) is 11.9 Å². The quantitative estimate of drug-likeness (QED) is 0.293. The average molecular weight is 232 g/mol. The second-order valence-corrected chi connectivity index (χ2v) is 3.05. The average Bonchev–Trinajstić information content (AvgIpc) is 2.10. The zero-order valence-corrected chi connectivity index (χ0v) is 9.28. The second kappa shape index (κ2) is 7.15. The van der Waals surface area contributed by atoms with Crippen molar-refractivity contribution < 1.29 is 0 Å². The number of nitrogens with two attached hydrogens (primary N) is 2. The number of hydrogen-bond acceptors (Lipinski definition) is 4. The SMILES string of the molecule is CCC(/C=N/NC(N)=S)=N\NC(N)=S. The van der Waals surface area contributed by atoms with Crippen LogP contribution in [0.5, 0.6) is 0 Å². The number of hydrogen-bond donors (Lipinski definition) is 4. The molecule has 0 aliphatic heterocycles. The lowest BCUT2D eigenvalue weighted by Gasteiger charge is -1.98. The standard InChI is InChI=1S/C6H12N6S2/c1-2-4(10-12-6(8)14)3-9-11-5(7)13/h3H,2H2,1H3,(H3,7,11,13)(H3,8,12,14)/b9-3+,10-4+. The summed E-state index contributed by atoms with van der Waals surface area (Å²) in [6, 6.07) is 0. The summed E-state index contributed by atoms with van der Waals surface area (Å²) in [4.78, 5) is 0. The third-order valence-electron chi connectivity index (χ3n) is 1.06. The molecule has 0 amide bonds. The molecule has 0 bridgehead atoms. The third-order valence-corrected chi connectivity index (χ3v) is 1.24. The third kappa shape index (κ3) is 7.37. The van der Waals surface area contributed by atoms with E-state index in [9.17, 15) is 0 Å². The number of nitrogens with one attached hydrogen (secondary N) is 2. The van der Waals surface area contributed by atoms with Crippen LogP contribution >= 0.6 is 24.4 Å². The normalized spacial score (nSPS) is 11.4. The summed E-state index contributed by atoms with van der Waals surface area (Å²) < 4.78 is 0. The predicted octanol–water partition coefficient (Wildman–Crippen LogP) is -0.595. The molecule has 0 rings (SSSR count). The van der Waals surface area contributed by atoms with Gasteiger partial charge in [-0.1, -0.05) is 6.92 Å². The van der Waals surface area contributed by atoms with E-state index in [4.69, 9.17) is 11.5 Å². The van der Waals surface area contributed by atoms with Gasteiger partial charge in [-0.05, 0) is 30.9 Å². The van der Waals surface area contributed by atoms with E-state index in [1.54, 1.807) is 0 Å². The van der Waals surface area contributed by atoms with Crippen molar-refractivity contribution in [3.63, 3.8) is 0 Å². The van der Waals surface area contributed by atoms with Crippen molar-refractivity contribution in [1.29, 1.82) is 0 Å². The van der Waals surface area contributed by atoms with E-state index < -0.39 is 0 Å². The Morgan fingerprint density at radius 1 is 1.29 bits per heavy atom. The first-order chi connectivity index (χ1) is 6.56. The molecule has 0 aromatic carbocycles. The molecular formula is C6H12N6S2. The molecule has 8 heteroatoms. The summed E-state index contributed by atoms with van der Waals surface area (Å²) in [5, 5.41) is 7.79. The first kappa shape index (κ1) is 12.7. The zero-order chi connectivity index (χ0) is 11.0. The summed E-state index contributed by atoms with van der Waals surface area (Å²) in [6.07, 6.45) is 2.16. The Balaban J connectivity index is 4.13. The molecule has 0 radical (unpaired) electrons. The molecule has 0 saturated heterocycles. The Morgan fingerprint density at radius 3 is 2.29 bits per heavy atom. The molecule has 0 aliphatic rings. The molecule has 0 heterocycles. The van der Waals surface area contributed by atoms with Crippen LogP contribution in [0.1, 0.15) is 13.3 Å². The van der Waals surface area contributed by atoms with Crippen molar-refractivity contribution in [2.75, 3.05) is 0 Å². The minimum Gasteiger partial charge on any atom is -0.375 e. The van der Waals surface area contributed by atoms with Gasteiger partial charge in [-0.3, -0.25) is 10.9 Å². The van der Waals surface area contributed by atoms with E-state index in [0.717, 1.165) is 0 Å². The maximum absolute atomic E-state index is 5.18. The minimum absolute atomic E-state index is 0.0963. The number of rotatable bonds is 4. The number of thiocarbonyl (C=S) groups is 2. The minimum atomic E-state index is 0.0963. The summed E-state index contributed by atoms with van der Waals surface area (Å²) >= 11 is 9.12.